The highest BCUT2D eigenvalue weighted by molar-refractivity contribution is 7.10. The molecule has 0 saturated carbocycles. The van der Waals surface area contributed by atoms with E-state index in [2.05, 4.69) is 154 Å². The second-order valence-corrected chi connectivity index (χ2v) is 26.8. The van der Waals surface area contributed by atoms with Crippen LogP contribution in [0.25, 0.3) is 0 Å². The maximum atomic E-state index is 13.4. The lowest BCUT2D eigenvalue weighted by Gasteiger charge is -2.37. The summed E-state index contributed by atoms with van der Waals surface area (Å²) in [4.78, 5) is 22.4. The minimum Gasteiger partial charge on any atom is -0.496 e. The molecule has 5 saturated heterocycles. The number of rotatable bonds is 8. The summed E-state index contributed by atoms with van der Waals surface area (Å²) in [5.41, 5.74) is 4.92. The fourth-order valence-corrected chi connectivity index (χ4v) is 13.7. The Labute approximate surface area is 478 Å². The van der Waals surface area contributed by atoms with Crippen molar-refractivity contribution in [3.05, 3.63) is 147 Å². The molecule has 0 spiro atoms. The van der Waals surface area contributed by atoms with Crippen LogP contribution in [0.1, 0.15) is 212 Å². The Hall–Kier alpha value is -3.88. The van der Waals surface area contributed by atoms with Crippen LogP contribution in [-0.2, 0) is 0 Å². The number of likely N-dealkylation sites (tertiary alicyclic amines) is 5. The number of benzene rings is 2. The zero-order chi connectivity index (χ0) is 57.0. The second kappa shape index (κ2) is 28.7. The van der Waals surface area contributed by atoms with Crippen molar-refractivity contribution in [1.29, 1.82) is 0 Å². The van der Waals surface area contributed by atoms with Gasteiger partial charge in [-0.25, -0.2) is 13.2 Å². The van der Waals surface area contributed by atoms with Gasteiger partial charge >= 0.3 is 0 Å². The van der Waals surface area contributed by atoms with Crippen molar-refractivity contribution in [2.75, 3.05) is 39.8 Å². The quantitative estimate of drug-likeness (QED) is 0.152. The normalized spacial score (nSPS) is 22.6. The van der Waals surface area contributed by atoms with E-state index >= 15 is 0 Å². The Balaban J connectivity index is 0.000000158. The Morgan fingerprint density at radius 1 is 0.551 bits per heavy atom. The van der Waals surface area contributed by atoms with Crippen LogP contribution in [0.3, 0.4) is 0 Å². The standard InChI is InChI=1S/C14H20FNO.C13H17ClFN.C13H19FN2.C13H20N2.C12H19NS/c1-10(2)16-8-4-5-13(16)12-9-11(15)6-7-14(12)17-3;1-9(2)16-5-3-4-13(16)10-6-11(14)8-12(15)7-10;1-13(2,3)16-6-4-5-12(16)10-7-11(14)9-15-8-10;1-13(2,3)15-10-6-8-12(15)11-7-4-5-9-14-11;1-12(2,3)13-8-4-6-10(13)11-7-5-9-14-11/h6-7,9-10,13H,4-5,8H2,1-3H3;6-9,13H,3-5H2,1-2H3;7-9,12H,4-6H2,1-3H3;4-5,7,9,12H,6,8,10H2,1-3H3;5,7,9-10H,4,6,8H2,1-3H3. The van der Waals surface area contributed by atoms with Crippen LogP contribution in [-0.4, -0.2) is 103 Å². The van der Waals surface area contributed by atoms with Crippen LogP contribution < -0.4 is 4.74 Å². The molecule has 5 aliphatic rings. The van der Waals surface area contributed by atoms with Gasteiger partial charge in [-0.05, 0) is 264 Å². The molecule has 5 atom stereocenters. The maximum Gasteiger partial charge on any atom is 0.141 e. The van der Waals surface area contributed by atoms with Crippen LogP contribution in [0.5, 0.6) is 5.75 Å². The molecular weight excluding hydrogens is 1020 g/mol. The number of methoxy groups -OCH3 is 1. The fourth-order valence-electron chi connectivity index (χ4n) is 12.6. The zero-order valence-corrected chi connectivity index (χ0v) is 51.4. The summed E-state index contributed by atoms with van der Waals surface area (Å²) in [5, 5.41) is 2.68. The van der Waals surface area contributed by atoms with E-state index in [1.54, 1.807) is 37.6 Å². The van der Waals surface area contributed by atoms with Crippen molar-refractivity contribution in [1.82, 2.24) is 34.5 Å². The first kappa shape index (κ1) is 63.3. The smallest absolute Gasteiger partial charge is 0.141 e. The van der Waals surface area contributed by atoms with Gasteiger partial charge in [0.1, 0.15) is 23.2 Å². The number of thiophene rings is 1. The highest BCUT2D eigenvalue weighted by Crippen LogP contribution is 2.42. The lowest BCUT2D eigenvalue weighted by atomic mass is 10.0. The van der Waals surface area contributed by atoms with Crippen molar-refractivity contribution in [3.8, 4) is 5.75 Å². The summed E-state index contributed by atoms with van der Waals surface area (Å²) >= 11 is 7.80. The van der Waals surface area contributed by atoms with Gasteiger partial charge in [0.2, 0.25) is 0 Å². The SMILES string of the molecule is CC(C)(C)N1CCCC1c1ccccn1.CC(C)(C)N1CCCC1c1cccs1.CC(C)(C)N1CCCC1c1cncc(F)c1.CC(C)N1CCCC1c1cc(F)cc(Cl)c1.COc1ccc(F)cc1C1CCCN1C(C)C. The monoisotopic (exact) mass is 1110 g/mol. The fraction of sp³-hybridized carbons (Fsp3) is 0.600. The first-order chi connectivity index (χ1) is 36.9. The van der Waals surface area contributed by atoms with Gasteiger partial charge in [0.15, 0.2) is 0 Å². The Morgan fingerprint density at radius 2 is 1.09 bits per heavy atom. The number of halogens is 4. The van der Waals surface area contributed by atoms with E-state index in [1.165, 1.54) is 86.9 Å². The van der Waals surface area contributed by atoms with Crippen molar-refractivity contribution in [3.63, 3.8) is 0 Å². The highest BCUT2D eigenvalue weighted by Gasteiger charge is 2.37. The van der Waals surface area contributed by atoms with Crippen molar-refractivity contribution >= 4 is 22.9 Å². The highest BCUT2D eigenvalue weighted by atomic mass is 35.5. The van der Waals surface area contributed by atoms with Gasteiger partial charge in [-0.1, -0.05) is 23.7 Å². The summed E-state index contributed by atoms with van der Waals surface area (Å²) < 4.78 is 45.2. The molecule has 0 aliphatic carbocycles. The summed E-state index contributed by atoms with van der Waals surface area (Å²) in [6.45, 7) is 34.9. The summed E-state index contributed by atoms with van der Waals surface area (Å²) in [6, 6.07) is 25.0. The van der Waals surface area contributed by atoms with Crippen LogP contribution in [0.15, 0.2) is 96.8 Å². The molecule has 0 amide bonds. The number of aromatic nitrogens is 2. The van der Waals surface area contributed by atoms with Crippen molar-refractivity contribution in [2.45, 2.75) is 213 Å². The predicted molar refractivity (Wildman–Crippen MR) is 320 cm³/mol. The molecule has 0 N–H and O–H groups in total. The Morgan fingerprint density at radius 3 is 1.63 bits per heavy atom. The number of hydrogen-bond acceptors (Lipinski definition) is 9. The summed E-state index contributed by atoms with van der Waals surface area (Å²) in [6.07, 6.45) is 17.0. The largest absolute Gasteiger partial charge is 0.496 e. The van der Waals surface area contributed by atoms with E-state index in [1.807, 2.05) is 29.7 Å². The molecule has 8 heterocycles. The first-order valence-electron chi connectivity index (χ1n) is 29.0. The van der Waals surface area contributed by atoms with Crippen molar-refractivity contribution < 1.29 is 17.9 Å². The van der Waals surface area contributed by atoms with Crippen LogP contribution in [0, 0.1) is 17.5 Å². The minimum atomic E-state index is -0.238. The Kier molecular flexibility index (Phi) is 23.3. The lowest BCUT2D eigenvalue weighted by molar-refractivity contribution is 0.119. The molecule has 5 unspecified atom stereocenters. The molecule has 13 heteroatoms. The average Bonchev–Trinajstić information content (AvgIpc) is 4.25. The van der Waals surface area contributed by atoms with Gasteiger partial charge in [-0.2, -0.15) is 0 Å². The molecule has 0 bridgehead atoms. The number of hydrogen-bond donors (Lipinski definition) is 0. The predicted octanol–water partition coefficient (Wildman–Crippen LogP) is 17.3. The third-order valence-electron chi connectivity index (χ3n) is 16.1. The molecule has 430 valence electrons. The van der Waals surface area contributed by atoms with Gasteiger partial charge < -0.3 is 4.74 Å². The van der Waals surface area contributed by atoms with E-state index in [0.29, 0.717) is 52.9 Å². The average molecular weight is 1120 g/mol. The molecule has 0 radical (unpaired) electrons. The molecular formula is C65H95ClF3N7OS. The van der Waals surface area contributed by atoms with Gasteiger partial charge in [0.05, 0.1) is 25.0 Å². The molecule has 8 nitrogen and oxygen atoms in total. The minimum absolute atomic E-state index is 0.132. The molecule has 10 rings (SSSR count). The molecule has 5 aliphatic heterocycles. The molecule has 2 aromatic carbocycles. The van der Waals surface area contributed by atoms with Gasteiger partial charge in [-0.3, -0.25) is 34.5 Å². The summed E-state index contributed by atoms with van der Waals surface area (Å²) in [7, 11) is 1.64. The first-order valence-corrected chi connectivity index (χ1v) is 30.3. The number of pyridine rings is 2. The lowest BCUT2D eigenvalue weighted by Crippen LogP contribution is -2.40. The van der Waals surface area contributed by atoms with Crippen LogP contribution in [0.2, 0.25) is 5.02 Å². The molecule has 5 fully saturated rings. The van der Waals surface area contributed by atoms with E-state index < -0.39 is 0 Å². The molecule has 5 aromatic rings. The van der Waals surface area contributed by atoms with E-state index in [9.17, 15) is 13.2 Å². The van der Waals surface area contributed by atoms with E-state index in [0.717, 1.165) is 61.3 Å². The van der Waals surface area contributed by atoms with Crippen LogP contribution in [0.4, 0.5) is 13.2 Å². The second-order valence-electron chi connectivity index (χ2n) is 25.3. The molecule has 3 aromatic heterocycles. The van der Waals surface area contributed by atoms with E-state index in [4.69, 9.17) is 16.3 Å². The van der Waals surface area contributed by atoms with Crippen LogP contribution >= 0.6 is 22.9 Å². The van der Waals surface area contributed by atoms with Crippen molar-refractivity contribution in [2.24, 2.45) is 0 Å². The topological polar surface area (TPSA) is 51.2 Å². The number of ether oxygens (including phenoxy) is 1. The van der Waals surface area contributed by atoms with E-state index in [-0.39, 0.29) is 28.5 Å². The molecule has 78 heavy (non-hydrogen) atoms. The maximum absolute atomic E-state index is 13.4. The Bertz CT molecular complexity index is 2540. The van der Waals surface area contributed by atoms with Gasteiger partial charge in [-0.15, -0.1) is 11.3 Å². The van der Waals surface area contributed by atoms with Gasteiger partial charge in [0, 0.05) is 80.7 Å². The zero-order valence-electron chi connectivity index (χ0n) is 49.8. The third kappa shape index (κ3) is 17.6. The number of nitrogens with zero attached hydrogens (tertiary/aromatic N) is 7. The third-order valence-corrected chi connectivity index (χ3v) is 17.3. The van der Waals surface area contributed by atoms with Gasteiger partial charge in [0.25, 0.3) is 0 Å². The summed E-state index contributed by atoms with van der Waals surface area (Å²) in [5.74, 6) is 0.136.